The Balaban J connectivity index is 1.99. The van der Waals surface area contributed by atoms with Crippen LogP contribution in [0.2, 0.25) is 0 Å². The summed E-state index contributed by atoms with van der Waals surface area (Å²) in [5, 5.41) is 3.20. The molecule has 0 amide bonds. The van der Waals surface area contributed by atoms with Gasteiger partial charge in [-0.1, -0.05) is 12.1 Å². The minimum absolute atomic E-state index is 0.0699. The molecule has 88 valence electrons. The van der Waals surface area contributed by atoms with Crippen molar-refractivity contribution in [3.05, 3.63) is 35.6 Å². The van der Waals surface area contributed by atoms with Gasteiger partial charge in [-0.05, 0) is 56.0 Å². The summed E-state index contributed by atoms with van der Waals surface area (Å²) in [6, 6.07) is 6.38. The predicted octanol–water partition coefficient (Wildman–Crippen LogP) is 2.71. The van der Waals surface area contributed by atoms with E-state index in [1.807, 2.05) is 0 Å². The van der Waals surface area contributed by atoms with Crippen molar-refractivity contribution in [2.24, 2.45) is 5.92 Å². The van der Waals surface area contributed by atoms with Gasteiger partial charge in [0.1, 0.15) is 12.0 Å². The van der Waals surface area contributed by atoms with Gasteiger partial charge in [-0.3, -0.25) is 0 Å². The van der Waals surface area contributed by atoms with E-state index in [1.54, 1.807) is 12.1 Å². The lowest BCUT2D eigenvalue weighted by Crippen LogP contribution is -2.18. The Bertz CT molecular complexity index is 323. The van der Waals surface area contributed by atoms with Crippen LogP contribution in [0.15, 0.2) is 24.3 Å². The van der Waals surface area contributed by atoms with Gasteiger partial charge < -0.3 is 5.32 Å². The van der Waals surface area contributed by atoms with E-state index in [1.165, 1.54) is 12.1 Å². The SMILES string of the molecule is Fc1ccc(CC2CCNCCC2F)cc1. The second-order valence-electron chi connectivity index (χ2n) is 4.43. The zero-order valence-electron chi connectivity index (χ0n) is 9.26. The molecule has 0 saturated carbocycles. The highest BCUT2D eigenvalue weighted by Gasteiger charge is 2.23. The third-order valence-corrected chi connectivity index (χ3v) is 3.21. The van der Waals surface area contributed by atoms with Crippen LogP contribution in [0.5, 0.6) is 0 Å². The molecule has 1 N–H and O–H groups in total. The molecule has 0 spiro atoms. The van der Waals surface area contributed by atoms with E-state index in [0.717, 1.165) is 25.1 Å². The smallest absolute Gasteiger partial charge is 0.123 e. The van der Waals surface area contributed by atoms with Crippen LogP contribution in [-0.4, -0.2) is 19.3 Å². The first-order chi connectivity index (χ1) is 7.75. The normalized spacial score (nSPS) is 26.4. The highest BCUT2D eigenvalue weighted by molar-refractivity contribution is 5.16. The number of alkyl halides is 1. The third kappa shape index (κ3) is 3.01. The highest BCUT2D eigenvalue weighted by atomic mass is 19.1. The molecule has 0 aromatic heterocycles. The van der Waals surface area contributed by atoms with Crippen LogP contribution in [-0.2, 0) is 6.42 Å². The van der Waals surface area contributed by atoms with Crippen LogP contribution in [0, 0.1) is 11.7 Å². The highest BCUT2D eigenvalue weighted by Crippen LogP contribution is 2.22. The molecule has 1 aromatic carbocycles. The van der Waals surface area contributed by atoms with Gasteiger partial charge in [0.15, 0.2) is 0 Å². The number of rotatable bonds is 2. The summed E-state index contributed by atoms with van der Waals surface area (Å²) in [5.41, 5.74) is 1.02. The van der Waals surface area contributed by atoms with E-state index in [2.05, 4.69) is 5.32 Å². The Morgan fingerprint density at radius 2 is 1.81 bits per heavy atom. The van der Waals surface area contributed by atoms with Crippen molar-refractivity contribution in [2.45, 2.75) is 25.4 Å². The third-order valence-electron chi connectivity index (χ3n) is 3.21. The minimum Gasteiger partial charge on any atom is -0.317 e. The van der Waals surface area contributed by atoms with Crippen molar-refractivity contribution in [3.63, 3.8) is 0 Å². The standard InChI is InChI=1S/C13H17F2N/c14-12-3-1-10(2-4-12)9-11-5-7-16-8-6-13(11)15/h1-4,11,13,16H,5-9H2. The predicted molar refractivity (Wildman–Crippen MR) is 60.6 cm³/mol. The summed E-state index contributed by atoms with van der Waals surface area (Å²) in [5.74, 6) is -0.163. The number of nitrogens with one attached hydrogen (secondary N) is 1. The molecule has 2 rings (SSSR count). The number of hydrogen-bond donors (Lipinski definition) is 1. The monoisotopic (exact) mass is 225 g/mol. The summed E-state index contributed by atoms with van der Waals surface area (Å²) >= 11 is 0. The van der Waals surface area contributed by atoms with Gasteiger partial charge in [0.05, 0.1) is 0 Å². The van der Waals surface area contributed by atoms with Crippen molar-refractivity contribution >= 4 is 0 Å². The fourth-order valence-electron chi connectivity index (χ4n) is 2.22. The van der Waals surface area contributed by atoms with Crippen molar-refractivity contribution in [1.29, 1.82) is 0 Å². The lowest BCUT2D eigenvalue weighted by atomic mass is 9.91. The van der Waals surface area contributed by atoms with Gasteiger partial charge in [-0.2, -0.15) is 0 Å². The second kappa shape index (κ2) is 5.39. The van der Waals surface area contributed by atoms with Crippen LogP contribution >= 0.6 is 0 Å². The molecule has 0 bridgehead atoms. The molecule has 1 aliphatic rings. The van der Waals surface area contributed by atoms with Gasteiger partial charge in [-0.15, -0.1) is 0 Å². The minimum atomic E-state index is -0.736. The molecular weight excluding hydrogens is 208 g/mol. The topological polar surface area (TPSA) is 12.0 Å². The Morgan fingerprint density at radius 1 is 1.12 bits per heavy atom. The molecule has 3 heteroatoms. The van der Waals surface area contributed by atoms with E-state index in [9.17, 15) is 8.78 Å². The first-order valence-corrected chi connectivity index (χ1v) is 5.85. The molecule has 16 heavy (non-hydrogen) atoms. The van der Waals surface area contributed by atoms with E-state index in [0.29, 0.717) is 12.8 Å². The molecule has 1 aliphatic heterocycles. The summed E-state index contributed by atoms with van der Waals surface area (Å²) in [6.45, 7) is 1.65. The van der Waals surface area contributed by atoms with Crippen LogP contribution in [0.25, 0.3) is 0 Å². The van der Waals surface area contributed by atoms with Gasteiger partial charge in [0, 0.05) is 0 Å². The maximum Gasteiger partial charge on any atom is 0.123 e. The maximum atomic E-state index is 13.8. The van der Waals surface area contributed by atoms with Gasteiger partial charge in [-0.25, -0.2) is 8.78 Å². The Morgan fingerprint density at radius 3 is 2.56 bits per heavy atom. The lowest BCUT2D eigenvalue weighted by Gasteiger charge is -2.17. The second-order valence-corrected chi connectivity index (χ2v) is 4.43. The molecule has 0 radical (unpaired) electrons. The Labute approximate surface area is 94.9 Å². The van der Waals surface area contributed by atoms with Crippen LogP contribution in [0.3, 0.4) is 0 Å². The van der Waals surface area contributed by atoms with E-state index < -0.39 is 6.17 Å². The van der Waals surface area contributed by atoms with E-state index >= 15 is 0 Å². The molecular formula is C13H17F2N. The quantitative estimate of drug-likeness (QED) is 0.816. The molecule has 1 saturated heterocycles. The van der Waals surface area contributed by atoms with Crippen LogP contribution < -0.4 is 5.32 Å². The van der Waals surface area contributed by atoms with Crippen molar-refractivity contribution in [2.75, 3.05) is 13.1 Å². The van der Waals surface area contributed by atoms with E-state index in [-0.39, 0.29) is 11.7 Å². The number of halogens is 2. The van der Waals surface area contributed by atoms with Gasteiger partial charge in [0.25, 0.3) is 0 Å². The van der Waals surface area contributed by atoms with Crippen LogP contribution in [0.4, 0.5) is 8.78 Å². The average molecular weight is 225 g/mol. The summed E-state index contributed by atoms with van der Waals surface area (Å²) in [4.78, 5) is 0. The van der Waals surface area contributed by atoms with Gasteiger partial charge >= 0.3 is 0 Å². The van der Waals surface area contributed by atoms with Crippen molar-refractivity contribution in [1.82, 2.24) is 5.32 Å². The lowest BCUT2D eigenvalue weighted by molar-refractivity contribution is 0.219. The summed E-state index contributed by atoms with van der Waals surface area (Å²) in [7, 11) is 0. The fourth-order valence-corrected chi connectivity index (χ4v) is 2.22. The zero-order chi connectivity index (χ0) is 11.4. The molecule has 1 aromatic rings. The largest absolute Gasteiger partial charge is 0.317 e. The zero-order valence-corrected chi connectivity index (χ0v) is 9.26. The Hall–Kier alpha value is -0.960. The molecule has 1 fully saturated rings. The number of benzene rings is 1. The summed E-state index contributed by atoms with van der Waals surface area (Å²) < 4.78 is 26.5. The molecule has 2 unspecified atom stereocenters. The Kier molecular flexibility index (Phi) is 3.88. The van der Waals surface area contributed by atoms with Gasteiger partial charge in [0.2, 0.25) is 0 Å². The molecule has 1 heterocycles. The number of hydrogen-bond acceptors (Lipinski definition) is 1. The maximum absolute atomic E-state index is 13.8. The first-order valence-electron chi connectivity index (χ1n) is 5.85. The van der Waals surface area contributed by atoms with Crippen molar-refractivity contribution in [3.8, 4) is 0 Å². The van der Waals surface area contributed by atoms with Crippen molar-refractivity contribution < 1.29 is 8.78 Å². The van der Waals surface area contributed by atoms with E-state index in [4.69, 9.17) is 0 Å². The molecule has 1 nitrogen and oxygen atoms in total. The van der Waals surface area contributed by atoms with Crippen LogP contribution in [0.1, 0.15) is 18.4 Å². The molecule has 2 atom stereocenters. The average Bonchev–Trinajstić information content (AvgIpc) is 2.48. The summed E-state index contributed by atoms with van der Waals surface area (Å²) in [6.07, 6.45) is 1.42. The first kappa shape index (κ1) is 11.5. The fraction of sp³-hybridized carbons (Fsp3) is 0.538. The molecule has 0 aliphatic carbocycles.